The van der Waals surface area contributed by atoms with Crippen LogP contribution in [0.3, 0.4) is 0 Å². The highest BCUT2D eigenvalue weighted by molar-refractivity contribution is 6.17. The molecule has 0 aliphatic rings. The zero-order chi connectivity index (χ0) is 12.1. The van der Waals surface area contributed by atoms with E-state index >= 15 is 0 Å². The van der Waals surface area contributed by atoms with Crippen LogP contribution in [0.5, 0.6) is 5.88 Å². The molecule has 0 unspecified atom stereocenters. The van der Waals surface area contributed by atoms with Crippen molar-refractivity contribution in [3.05, 3.63) is 59.3 Å². The van der Waals surface area contributed by atoms with E-state index in [2.05, 4.69) is 4.98 Å². The van der Waals surface area contributed by atoms with Crippen molar-refractivity contribution in [3.63, 3.8) is 0 Å². The van der Waals surface area contributed by atoms with Crippen LogP contribution in [0.15, 0.2) is 42.6 Å². The van der Waals surface area contributed by atoms with Crippen LogP contribution in [0.1, 0.15) is 16.7 Å². The SMILES string of the molecule is Cc1cc(CCl)cnc1OCc1ccccc1. The lowest BCUT2D eigenvalue weighted by Crippen LogP contribution is -1.99. The molecule has 0 bridgehead atoms. The summed E-state index contributed by atoms with van der Waals surface area (Å²) in [5, 5.41) is 0. The van der Waals surface area contributed by atoms with Crippen LogP contribution >= 0.6 is 11.6 Å². The van der Waals surface area contributed by atoms with Crippen LogP contribution in [-0.4, -0.2) is 4.98 Å². The van der Waals surface area contributed by atoms with Gasteiger partial charge in [-0.2, -0.15) is 0 Å². The molecular weight excluding hydrogens is 234 g/mol. The maximum Gasteiger partial charge on any atom is 0.216 e. The Morgan fingerprint density at radius 2 is 1.94 bits per heavy atom. The minimum absolute atomic E-state index is 0.479. The van der Waals surface area contributed by atoms with Crippen LogP contribution in [-0.2, 0) is 12.5 Å². The molecule has 0 saturated carbocycles. The smallest absolute Gasteiger partial charge is 0.216 e. The molecule has 0 radical (unpaired) electrons. The van der Waals surface area contributed by atoms with Crippen molar-refractivity contribution < 1.29 is 4.74 Å². The molecule has 0 saturated heterocycles. The number of aromatic nitrogens is 1. The topological polar surface area (TPSA) is 22.1 Å². The van der Waals surface area contributed by atoms with Crippen LogP contribution in [0.2, 0.25) is 0 Å². The molecule has 3 heteroatoms. The van der Waals surface area contributed by atoms with Gasteiger partial charge in [0.1, 0.15) is 6.61 Å². The van der Waals surface area contributed by atoms with E-state index in [1.807, 2.05) is 43.3 Å². The third-order valence-electron chi connectivity index (χ3n) is 2.46. The van der Waals surface area contributed by atoms with E-state index in [4.69, 9.17) is 16.3 Å². The molecule has 0 amide bonds. The minimum atomic E-state index is 0.479. The van der Waals surface area contributed by atoms with Gasteiger partial charge in [-0.05, 0) is 24.1 Å². The zero-order valence-electron chi connectivity index (χ0n) is 9.69. The number of benzene rings is 1. The maximum absolute atomic E-state index is 5.74. The lowest BCUT2D eigenvalue weighted by atomic mass is 10.2. The van der Waals surface area contributed by atoms with Crippen molar-refractivity contribution in [1.82, 2.24) is 4.98 Å². The van der Waals surface area contributed by atoms with Crippen molar-refractivity contribution in [2.75, 3.05) is 0 Å². The maximum atomic E-state index is 5.74. The molecule has 17 heavy (non-hydrogen) atoms. The molecule has 88 valence electrons. The lowest BCUT2D eigenvalue weighted by Gasteiger charge is -2.08. The highest BCUT2D eigenvalue weighted by Crippen LogP contribution is 2.17. The summed E-state index contributed by atoms with van der Waals surface area (Å²) in [6, 6.07) is 12.0. The minimum Gasteiger partial charge on any atom is -0.473 e. The molecule has 2 nitrogen and oxygen atoms in total. The summed E-state index contributed by atoms with van der Waals surface area (Å²) in [6.45, 7) is 2.51. The van der Waals surface area contributed by atoms with Gasteiger partial charge in [0.25, 0.3) is 0 Å². The highest BCUT2D eigenvalue weighted by Gasteiger charge is 2.02. The Labute approximate surface area is 106 Å². The van der Waals surface area contributed by atoms with Crippen molar-refractivity contribution in [3.8, 4) is 5.88 Å². The van der Waals surface area contributed by atoms with Gasteiger partial charge < -0.3 is 4.74 Å². The van der Waals surface area contributed by atoms with Crippen molar-refractivity contribution in [2.45, 2.75) is 19.4 Å². The Morgan fingerprint density at radius 1 is 1.18 bits per heavy atom. The number of aryl methyl sites for hydroxylation is 1. The first-order valence-electron chi connectivity index (χ1n) is 5.48. The molecule has 0 aliphatic carbocycles. The van der Waals surface area contributed by atoms with Crippen molar-refractivity contribution in [1.29, 1.82) is 0 Å². The van der Waals surface area contributed by atoms with Gasteiger partial charge in [0, 0.05) is 17.6 Å². The summed E-state index contributed by atoms with van der Waals surface area (Å²) in [6.07, 6.45) is 1.75. The number of hydrogen-bond acceptors (Lipinski definition) is 2. The van der Waals surface area contributed by atoms with Gasteiger partial charge in [-0.25, -0.2) is 4.98 Å². The standard InChI is InChI=1S/C14H14ClNO/c1-11-7-13(8-15)9-16-14(11)17-10-12-5-3-2-4-6-12/h2-7,9H,8,10H2,1H3. The van der Waals surface area contributed by atoms with Gasteiger partial charge in [0.15, 0.2) is 0 Å². The second-order valence-corrected chi connectivity index (χ2v) is 4.14. The summed E-state index contributed by atoms with van der Waals surface area (Å²) in [5.74, 6) is 1.15. The largest absolute Gasteiger partial charge is 0.473 e. The van der Waals surface area contributed by atoms with Crippen LogP contribution in [0.25, 0.3) is 0 Å². The average Bonchev–Trinajstić information content (AvgIpc) is 2.38. The number of nitrogens with zero attached hydrogens (tertiary/aromatic N) is 1. The van der Waals surface area contributed by atoms with Crippen LogP contribution < -0.4 is 4.74 Å². The predicted molar refractivity (Wildman–Crippen MR) is 69.3 cm³/mol. The Balaban J connectivity index is 2.04. The second kappa shape index (κ2) is 5.69. The number of alkyl halides is 1. The van der Waals surface area contributed by atoms with Crippen molar-refractivity contribution in [2.24, 2.45) is 0 Å². The van der Waals surface area contributed by atoms with Crippen LogP contribution in [0, 0.1) is 6.92 Å². The third-order valence-corrected chi connectivity index (χ3v) is 2.77. The zero-order valence-corrected chi connectivity index (χ0v) is 10.4. The fraction of sp³-hybridized carbons (Fsp3) is 0.214. The summed E-state index contributed by atoms with van der Waals surface area (Å²) in [4.78, 5) is 4.26. The monoisotopic (exact) mass is 247 g/mol. The van der Waals surface area contributed by atoms with Crippen molar-refractivity contribution >= 4 is 11.6 Å². The number of pyridine rings is 1. The van der Waals surface area contributed by atoms with E-state index in [-0.39, 0.29) is 0 Å². The first-order valence-corrected chi connectivity index (χ1v) is 6.01. The van der Waals surface area contributed by atoms with E-state index in [0.717, 1.165) is 16.7 Å². The molecule has 0 atom stereocenters. The Kier molecular flexibility index (Phi) is 3.99. The molecule has 2 aromatic rings. The van der Waals surface area contributed by atoms with E-state index in [9.17, 15) is 0 Å². The summed E-state index contributed by atoms with van der Waals surface area (Å²) >= 11 is 5.74. The third kappa shape index (κ3) is 3.21. The van der Waals surface area contributed by atoms with E-state index in [1.165, 1.54) is 0 Å². The van der Waals surface area contributed by atoms with Crippen LogP contribution in [0.4, 0.5) is 0 Å². The van der Waals surface area contributed by atoms with Gasteiger partial charge in [0.05, 0.1) is 0 Å². The van der Waals surface area contributed by atoms with E-state index in [1.54, 1.807) is 6.20 Å². The van der Waals surface area contributed by atoms with Gasteiger partial charge in [-0.15, -0.1) is 11.6 Å². The first kappa shape index (κ1) is 11.9. The quantitative estimate of drug-likeness (QED) is 0.769. The average molecular weight is 248 g/mol. The molecule has 2 rings (SSSR count). The molecular formula is C14H14ClNO. The number of ether oxygens (including phenoxy) is 1. The second-order valence-electron chi connectivity index (χ2n) is 3.87. The Hall–Kier alpha value is -1.54. The van der Waals surface area contributed by atoms with Gasteiger partial charge in [-0.1, -0.05) is 30.3 Å². The molecule has 0 spiro atoms. The van der Waals surface area contributed by atoms with Gasteiger partial charge in [-0.3, -0.25) is 0 Å². The van der Waals surface area contributed by atoms with Gasteiger partial charge in [0.2, 0.25) is 5.88 Å². The molecule has 1 heterocycles. The first-order chi connectivity index (χ1) is 8.29. The highest BCUT2D eigenvalue weighted by atomic mass is 35.5. The fourth-order valence-electron chi connectivity index (χ4n) is 1.57. The fourth-order valence-corrected chi connectivity index (χ4v) is 1.72. The molecule has 0 fully saturated rings. The predicted octanol–water partition coefficient (Wildman–Crippen LogP) is 3.71. The Morgan fingerprint density at radius 3 is 2.59 bits per heavy atom. The number of hydrogen-bond donors (Lipinski definition) is 0. The lowest BCUT2D eigenvalue weighted by molar-refractivity contribution is 0.291. The number of halogens is 1. The van der Waals surface area contributed by atoms with Gasteiger partial charge >= 0.3 is 0 Å². The molecule has 0 aliphatic heterocycles. The molecule has 0 N–H and O–H groups in total. The number of rotatable bonds is 4. The van der Waals surface area contributed by atoms with E-state index in [0.29, 0.717) is 18.4 Å². The normalized spacial score (nSPS) is 10.2. The summed E-state index contributed by atoms with van der Waals surface area (Å²) in [5.41, 5.74) is 3.16. The van der Waals surface area contributed by atoms with E-state index < -0.39 is 0 Å². The summed E-state index contributed by atoms with van der Waals surface area (Å²) < 4.78 is 5.67. The molecule has 1 aromatic carbocycles. The molecule has 1 aromatic heterocycles. The Bertz CT molecular complexity index is 485. The summed E-state index contributed by atoms with van der Waals surface area (Å²) in [7, 11) is 0.